The van der Waals surface area contributed by atoms with Gasteiger partial charge in [-0.25, -0.2) is 4.39 Å². The van der Waals surface area contributed by atoms with Crippen molar-refractivity contribution < 1.29 is 9.13 Å². The second kappa shape index (κ2) is 3.57. The van der Waals surface area contributed by atoms with Crippen LogP contribution in [-0.2, 0) is 0 Å². The Bertz CT molecular complexity index is 269. The minimum absolute atomic E-state index is 0.300. The van der Waals surface area contributed by atoms with Crippen molar-refractivity contribution in [3.05, 3.63) is 35.5 Å². The summed E-state index contributed by atoms with van der Waals surface area (Å²) in [5, 5.41) is 0. The zero-order chi connectivity index (χ0) is 9.14. The molecule has 1 radical (unpaired) electrons. The predicted molar refractivity (Wildman–Crippen MR) is 46.6 cm³/mol. The van der Waals surface area contributed by atoms with Gasteiger partial charge in [0.05, 0.1) is 7.11 Å². The van der Waals surface area contributed by atoms with E-state index in [1.807, 2.05) is 13.8 Å². The maximum absolute atomic E-state index is 12.9. The average Bonchev–Trinajstić information content (AvgIpc) is 2.05. The Morgan fingerprint density at radius 3 is 2.50 bits per heavy atom. The molecule has 0 aliphatic carbocycles. The molecule has 1 nitrogen and oxygen atoms in total. The summed E-state index contributed by atoms with van der Waals surface area (Å²) in [6.07, 6.45) is 0. The number of methoxy groups -OCH3 is 1. The van der Waals surface area contributed by atoms with Crippen molar-refractivity contribution in [3.8, 4) is 5.75 Å². The van der Waals surface area contributed by atoms with Crippen LogP contribution in [-0.4, -0.2) is 7.11 Å². The summed E-state index contributed by atoms with van der Waals surface area (Å²) in [6.45, 7) is 3.96. The number of rotatable bonds is 2. The Morgan fingerprint density at radius 1 is 1.33 bits per heavy atom. The van der Waals surface area contributed by atoms with Gasteiger partial charge in [0, 0.05) is 0 Å². The van der Waals surface area contributed by atoms with Gasteiger partial charge in [-0.3, -0.25) is 0 Å². The van der Waals surface area contributed by atoms with Gasteiger partial charge >= 0.3 is 0 Å². The predicted octanol–water partition coefficient (Wildman–Crippen LogP) is 2.80. The summed E-state index contributed by atoms with van der Waals surface area (Å²) in [4.78, 5) is 0. The first kappa shape index (κ1) is 9.04. The molecule has 0 aliphatic heterocycles. The van der Waals surface area contributed by atoms with E-state index in [2.05, 4.69) is 0 Å². The summed E-state index contributed by atoms with van der Waals surface area (Å²) in [6, 6.07) is 4.86. The number of halogens is 1. The summed E-state index contributed by atoms with van der Waals surface area (Å²) >= 11 is 0. The fourth-order valence-electron chi connectivity index (χ4n) is 0.971. The standard InChI is InChI=1S/C10H12FO/c1-7(2)8-4-5-9(11)10(6-8)12-3/h4-6H,1-3H3. The smallest absolute Gasteiger partial charge is 0.165 e. The SMILES string of the molecule is COc1cc([C](C)C)ccc1F. The third-order valence-electron chi connectivity index (χ3n) is 1.73. The molecule has 1 aromatic carbocycles. The van der Waals surface area contributed by atoms with Gasteiger partial charge in [-0.2, -0.15) is 0 Å². The maximum atomic E-state index is 12.9. The van der Waals surface area contributed by atoms with Crippen LogP contribution in [0, 0.1) is 11.7 Å². The van der Waals surface area contributed by atoms with Gasteiger partial charge in [0.1, 0.15) is 0 Å². The van der Waals surface area contributed by atoms with Gasteiger partial charge in [-0.1, -0.05) is 19.9 Å². The third kappa shape index (κ3) is 1.76. The van der Waals surface area contributed by atoms with Crippen molar-refractivity contribution in [1.29, 1.82) is 0 Å². The number of hydrogen-bond donors (Lipinski definition) is 0. The summed E-state index contributed by atoms with van der Waals surface area (Å²) in [7, 11) is 1.47. The molecule has 65 valence electrons. The zero-order valence-corrected chi connectivity index (χ0v) is 7.52. The second-order valence-electron chi connectivity index (χ2n) is 2.85. The van der Waals surface area contributed by atoms with Crippen molar-refractivity contribution in [3.63, 3.8) is 0 Å². The van der Waals surface area contributed by atoms with Gasteiger partial charge in [-0.15, -0.1) is 0 Å². The van der Waals surface area contributed by atoms with E-state index in [1.54, 1.807) is 12.1 Å². The van der Waals surface area contributed by atoms with Crippen molar-refractivity contribution in [2.75, 3.05) is 7.11 Å². The molecule has 0 aromatic heterocycles. The quantitative estimate of drug-likeness (QED) is 0.658. The molecule has 12 heavy (non-hydrogen) atoms. The Morgan fingerprint density at radius 2 is 2.00 bits per heavy atom. The summed E-state index contributed by atoms with van der Waals surface area (Å²) in [5.41, 5.74) is 1.01. The molecule has 1 aromatic rings. The van der Waals surface area contributed by atoms with Crippen LogP contribution < -0.4 is 4.74 Å². The first-order valence-electron chi connectivity index (χ1n) is 3.79. The lowest BCUT2D eigenvalue weighted by Gasteiger charge is -2.07. The fraction of sp³-hybridized carbons (Fsp3) is 0.300. The molecule has 2 heteroatoms. The van der Waals surface area contributed by atoms with Crippen molar-refractivity contribution in [2.24, 2.45) is 0 Å². The minimum atomic E-state index is -0.317. The van der Waals surface area contributed by atoms with Crippen LogP contribution in [0.25, 0.3) is 0 Å². The van der Waals surface area contributed by atoms with E-state index < -0.39 is 0 Å². The largest absolute Gasteiger partial charge is 0.494 e. The molecule has 0 spiro atoms. The Hall–Kier alpha value is -1.05. The Labute approximate surface area is 72.2 Å². The molecule has 0 amide bonds. The van der Waals surface area contributed by atoms with Gasteiger partial charge in [0.15, 0.2) is 11.6 Å². The first-order valence-corrected chi connectivity index (χ1v) is 3.79. The topological polar surface area (TPSA) is 9.23 Å². The molecule has 0 bridgehead atoms. The van der Waals surface area contributed by atoms with Crippen LogP contribution in [0.1, 0.15) is 19.4 Å². The lowest BCUT2D eigenvalue weighted by Crippen LogP contribution is -1.92. The molecule has 1 rings (SSSR count). The monoisotopic (exact) mass is 167 g/mol. The lowest BCUT2D eigenvalue weighted by molar-refractivity contribution is 0.386. The fourth-order valence-corrected chi connectivity index (χ4v) is 0.971. The van der Waals surface area contributed by atoms with Crippen molar-refractivity contribution in [2.45, 2.75) is 13.8 Å². The van der Waals surface area contributed by atoms with Crippen molar-refractivity contribution in [1.82, 2.24) is 0 Å². The van der Waals surface area contributed by atoms with E-state index in [0.717, 1.165) is 11.5 Å². The van der Waals surface area contributed by atoms with Crippen molar-refractivity contribution >= 4 is 0 Å². The highest BCUT2D eigenvalue weighted by atomic mass is 19.1. The zero-order valence-electron chi connectivity index (χ0n) is 7.52. The highest BCUT2D eigenvalue weighted by Gasteiger charge is 2.05. The molecular weight excluding hydrogens is 155 g/mol. The van der Waals surface area contributed by atoms with E-state index in [4.69, 9.17) is 4.74 Å². The molecule has 0 aliphatic rings. The van der Waals surface area contributed by atoms with E-state index in [9.17, 15) is 4.39 Å². The minimum Gasteiger partial charge on any atom is -0.494 e. The highest BCUT2D eigenvalue weighted by molar-refractivity contribution is 5.36. The first-order chi connectivity index (χ1) is 5.65. The lowest BCUT2D eigenvalue weighted by atomic mass is 10.0. The molecule has 0 saturated carbocycles. The molecule has 0 heterocycles. The van der Waals surface area contributed by atoms with Crippen LogP contribution >= 0.6 is 0 Å². The second-order valence-corrected chi connectivity index (χ2v) is 2.85. The Balaban J connectivity index is 3.05. The molecule has 0 N–H and O–H groups in total. The van der Waals surface area contributed by atoms with E-state index in [1.165, 1.54) is 13.2 Å². The van der Waals surface area contributed by atoms with Gasteiger partial charge in [0.25, 0.3) is 0 Å². The van der Waals surface area contributed by atoms with Crippen LogP contribution in [0.5, 0.6) is 5.75 Å². The molecular formula is C10H12FO. The highest BCUT2D eigenvalue weighted by Crippen LogP contribution is 2.22. The van der Waals surface area contributed by atoms with Crippen LogP contribution in [0.3, 0.4) is 0 Å². The van der Waals surface area contributed by atoms with Crippen LogP contribution in [0.15, 0.2) is 18.2 Å². The number of benzene rings is 1. The summed E-state index contributed by atoms with van der Waals surface area (Å²) < 4.78 is 17.7. The van der Waals surface area contributed by atoms with E-state index in [-0.39, 0.29) is 5.82 Å². The molecule has 0 fully saturated rings. The summed E-state index contributed by atoms with van der Waals surface area (Å²) in [5.74, 6) is 1.13. The van der Waals surface area contributed by atoms with Crippen LogP contribution in [0.4, 0.5) is 4.39 Å². The van der Waals surface area contributed by atoms with Crippen LogP contribution in [0.2, 0.25) is 0 Å². The third-order valence-corrected chi connectivity index (χ3v) is 1.73. The van der Waals surface area contributed by atoms with E-state index in [0.29, 0.717) is 5.75 Å². The molecule has 0 atom stereocenters. The normalized spacial score (nSPS) is 10.4. The van der Waals surface area contributed by atoms with E-state index >= 15 is 0 Å². The number of hydrogen-bond acceptors (Lipinski definition) is 1. The maximum Gasteiger partial charge on any atom is 0.165 e. The molecule has 0 saturated heterocycles. The Kier molecular flexibility index (Phi) is 2.69. The van der Waals surface area contributed by atoms with Gasteiger partial charge in [-0.05, 0) is 23.6 Å². The molecule has 0 unspecified atom stereocenters. The van der Waals surface area contributed by atoms with Gasteiger partial charge < -0.3 is 4.74 Å². The number of ether oxygens (including phenoxy) is 1. The van der Waals surface area contributed by atoms with Gasteiger partial charge in [0.2, 0.25) is 0 Å². The average molecular weight is 167 g/mol.